The molecule has 0 aliphatic carbocycles. The van der Waals surface area contributed by atoms with Crippen LogP contribution in [0.2, 0.25) is 0 Å². The molecule has 2 aromatic heterocycles. The highest BCUT2D eigenvalue weighted by molar-refractivity contribution is 7.15. The van der Waals surface area contributed by atoms with Gasteiger partial charge in [0, 0.05) is 23.5 Å². The Labute approximate surface area is 174 Å². The molecule has 0 unspecified atom stereocenters. The molecule has 3 aromatic rings. The molecule has 0 saturated heterocycles. The van der Waals surface area contributed by atoms with Gasteiger partial charge in [0.1, 0.15) is 16.6 Å². The predicted molar refractivity (Wildman–Crippen MR) is 116 cm³/mol. The van der Waals surface area contributed by atoms with Gasteiger partial charge in [0.15, 0.2) is 0 Å². The molecule has 0 saturated carbocycles. The third-order valence-electron chi connectivity index (χ3n) is 4.43. The number of aromatic nitrogens is 3. The van der Waals surface area contributed by atoms with Gasteiger partial charge < -0.3 is 4.57 Å². The second-order valence-corrected chi connectivity index (χ2v) is 8.28. The van der Waals surface area contributed by atoms with Crippen molar-refractivity contribution in [2.45, 2.75) is 39.5 Å². The zero-order chi connectivity index (χ0) is 21.0. The second kappa shape index (κ2) is 8.84. The van der Waals surface area contributed by atoms with Crippen LogP contribution >= 0.6 is 11.3 Å². The van der Waals surface area contributed by atoms with Gasteiger partial charge in [0.25, 0.3) is 5.91 Å². The highest BCUT2D eigenvalue weighted by Crippen LogP contribution is 2.23. The Balaban J connectivity index is 1.83. The number of nitriles is 1. The Morgan fingerprint density at radius 2 is 1.86 bits per heavy atom. The van der Waals surface area contributed by atoms with Gasteiger partial charge in [-0.15, -0.1) is 10.2 Å². The van der Waals surface area contributed by atoms with Crippen molar-refractivity contribution >= 4 is 28.5 Å². The topological polar surface area (TPSA) is 83.6 Å². The summed E-state index contributed by atoms with van der Waals surface area (Å²) >= 11 is 1.31. The summed E-state index contributed by atoms with van der Waals surface area (Å²) in [7, 11) is 0. The third kappa shape index (κ3) is 4.79. The molecule has 0 fully saturated rings. The van der Waals surface area contributed by atoms with E-state index in [0.717, 1.165) is 16.4 Å². The van der Waals surface area contributed by atoms with Gasteiger partial charge in [0.2, 0.25) is 5.13 Å². The summed E-state index contributed by atoms with van der Waals surface area (Å²) < 4.78 is 1.94. The predicted octanol–water partition coefficient (Wildman–Crippen LogP) is 5.12. The number of hydrogen-bond acceptors (Lipinski definition) is 5. The summed E-state index contributed by atoms with van der Waals surface area (Å²) in [5.41, 5.74) is 2.97. The van der Waals surface area contributed by atoms with Crippen LogP contribution in [0.3, 0.4) is 0 Å². The van der Waals surface area contributed by atoms with Gasteiger partial charge in [0.05, 0.1) is 0 Å². The van der Waals surface area contributed by atoms with E-state index in [1.807, 2.05) is 54.9 Å². The summed E-state index contributed by atoms with van der Waals surface area (Å²) in [6.07, 6.45) is 3.48. The smallest absolute Gasteiger partial charge is 0.268 e. The molecule has 7 heteroatoms. The first-order valence-corrected chi connectivity index (χ1v) is 10.2. The fraction of sp³-hybridized carbons (Fsp3) is 0.273. The molecule has 29 heavy (non-hydrogen) atoms. The molecule has 0 aliphatic rings. The van der Waals surface area contributed by atoms with E-state index < -0.39 is 5.91 Å². The molecule has 6 nitrogen and oxygen atoms in total. The number of nitrogens with one attached hydrogen (secondary N) is 1. The number of anilines is 1. The first kappa shape index (κ1) is 20.5. The molecule has 1 N–H and O–H groups in total. The van der Waals surface area contributed by atoms with Crippen molar-refractivity contribution in [3.05, 3.63) is 64.4 Å². The minimum atomic E-state index is -0.498. The summed E-state index contributed by atoms with van der Waals surface area (Å²) in [6, 6.07) is 14.0. The molecule has 3 rings (SSSR count). The minimum absolute atomic E-state index is 0.00467. The number of carbonyl (C=O) groups is 1. The lowest BCUT2D eigenvalue weighted by molar-refractivity contribution is -0.112. The first-order chi connectivity index (χ1) is 13.9. The Morgan fingerprint density at radius 3 is 2.45 bits per heavy atom. The molecule has 0 aliphatic heterocycles. The van der Waals surface area contributed by atoms with Gasteiger partial charge in [-0.2, -0.15) is 5.26 Å². The van der Waals surface area contributed by atoms with Crippen LogP contribution in [-0.4, -0.2) is 20.7 Å². The monoisotopic (exact) mass is 405 g/mol. The van der Waals surface area contributed by atoms with E-state index in [-0.39, 0.29) is 11.5 Å². The van der Waals surface area contributed by atoms with Crippen LogP contribution in [0.5, 0.6) is 0 Å². The fourth-order valence-corrected chi connectivity index (χ4v) is 3.49. The third-order valence-corrected chi connectivity index (χ3v) is 5.57. The van der Waals surface area contributed by atoms with Gasteiger partial charge in [-0.1, -0.05) is 51.2 Å². The van der Waals surface area contributed by atoms with Gasteiger partial charge in [-0.3, -0.25) is 10.1 Å². The number of carbonyl (C=O) groups excluding carboxylic acids is 1. The van der Waals surface area contributed by atoms with Gasteiger partial charge >= 0.3 is 0 Å². The Bertz CT molecular complexity index is 1070. The van der Waals surface area contributed by atoms with Crippen LogP contribution in [0, 0.1) is 11.3 Å². The minimum Gasteiger partial charge on any atom is -0.317 e. The van der Waals surface area contributed by atoms with E-state index in [9.17, 15) is 10.1 Å². The highest BCUT2D eigenvalue weighted by atomic mass is 32.1. The van der Waals surface area contributed by atoms with Crippen molar-refractivity contribution < 1.29 is 4.79 Å². The highest BCUT2D eigenvalue weighted by Gasteiger charge is 2.15. The van der Waals surface area contributed by atoms with E-state index in [4.69, 9.17) is 0 Å². The maximum atomic E-state index is 12.5. The molecular formula is C22H23N5OS. The molecule has 0 atom stereocenters. The fourth-order valence-electron chi connectivity index (χ4n) is 2.75. The SMILES string of the molecule is CC(C)c1ccc(-n2cccc2/C=C(/C#N)C(=O)Nc2nnc(C(C)C)s2)cc1. The van der Waals surface area contributed by atoms with Crippen LogP contribution in [0.4, 0.5) is 5.13 Å². The summed E-state index contributed by atoms with van der Waals surface area (Å²) in [5, 5.41) is 21.4. The Morgan fingerprint density at radius 1 is 1.14 bits per heavy atom. The number of rotatable bonds is 6. The summed E-state index contributed by atoms with van der Waals surface area (Å²) in [6.45, 7) is 8.32. The lowest BCUT2D eigenvalue weighted by atomic mass is 10.0. The first-order valence-electron chi connectivity index (χ1n) is 9.43. The zero-order valence-electron chi connectivity index (χ0n) is 16.9. The van der Waals surface area contributed by atoms with Crippen LogP contribution in [0.1, 0.15) is 55.8 Å². The van der Waals surface area contributed by atoms with Crippen molar-refractivity contribution in [3.63, 3.8) is 0 Å². The summed E-state index contributed by atoms with van der Waals surface area (Å²) in [4.78, 5) is 12.5. The Hall–Kier alpha value is -3.24. The molecule has 1 aromatic carbocycles. The van der Waals surface area contributed by atoms with E-state index in [1.54, 1.807) is 6.08 Å². The number of nitrogens with zero attached hydrogens (tertiary/aromatic N) is 4. The lowest BCUT2D eigenvalue weighted by Crippen LogP contribution is -2.13. The van der Waals surface area contributed by atoms with Gasteiger partial charge in [-0.25, -0.2) is 0 Å². The van der Waals surface area contributed by atoms with Crippen LogP contribution in [0.15, 0.2) is 48.2 Å². The summed E-state index contributed by atoms with van der Waals surface area (Å²) in [5.74, 6) is 0.190. The molecule has 148 valence electrons. The van der Waals surface area contributed by atoms with Crippen LogP contribution < -0.4 is 5.32 Å². The van der Waals surface area contributed by atoms with Crippen molar-refractivity contribution in [1.82, 2.24) is 14.8 Å². The average molecular weight is 406 g/mol. The quantitative estimate of drug-likeness (QED) is 0.456. The molecule has 1 amide bonds. The van der Waals surface area contributed by atoms with E-state index in [1.165, 1.54) is 16.9 Å². The molecule has 0 radical (unpaired) electrons. The van der Waals surface area contributed by atoms with Crippen molar-refractivity contribution in [3.8, 4) is 11.8 Å². The number of benzene rings is 1. The zero-order valence-corrected chi connectivity index (χ0v) is 17.7. The molecule has 0 spiro atoms. The van der Waals surface area contributed by atoms with E-state index in [2.05, 4.69) is 41.5 Å². The van der Waals surface area contributed by atoms with E-state index in [0.29, 0.717) is 11.0 Å². The maximum Gasteiger partial charge on any atom is 0.268 e. The lowest BCUT2D eigenvalue weighted by Gasteiger charge is -2.10. The molecular weight excluding hydrogens is 382 g/mol. The van der Waals surface area contributed by atoms with Crippen molar-refractivity contribution in [2.24, 2.45) is 0 Å². The molecule has 2 heterocycles. The van der Waals surface area contributed by atoms with Crippen LogP contribution in [-0.2, 0) is 4.79 Å². The van der Waals surface area contributed by atoms with E-state index >= 15 is 0 Å². The standard InChI is InChI=1S/C22H23N5OS/c1-14(2)16-7-9-18(10-8-16)27-11-5-6-19(27)12-17(13-23)20(28)24-22-26-25-21(29-22)15(3)4/h5-12,14-15H,1-4H3,(H,24,26,28)/b17-12-. The normalized spacial score (nSPS) is 11.7. The maximum absolute atomic E-state index is 12.5. The van der Waals surface area contributed by atoms with Gasteiger partial charge in [-0.05, 0) is 41.8 Å². The Kier molecular flexibility index (Phi) is 6.25. The van der Waals surface area contributed by atoms with Crippen LogP contribution in [0.25, 0.3) is 11.8 Å². The van der Waals surface area contributed by atoms with Crippen molar-refractivity contribution in [1.29, 1.82) is 5.26 Å². The molecule has 0 bridgehead atoms. The number of hydrogen-bond donors (Lipinski definition) is 1. The largest absolute Gasteiger partial charge is 0.317 e. The average Bonchev–Trinajstić information content (AvgIpc) is 3.35. The number of amides is 1. The van der Waals surface area contributed by atoms with Crippen molar-refractivity contribution in [2.75, 3.05) is 5.32 Å². The second-order valence-electron chi connectivity index (χ2n) is 7.27.